The van der Waals surface area contributed by atoms with E-state index in [1.807, 2.05) is 19.9 Å². The van der Waals surface area contributed by atoms with E-state index in [9.17, 15) is 9.90 Å². The molecule has 2 unspecified atom stereocenters. The van der Waals surface area contributed by atoms with Gasteiger partial charge in [0.1, 0.15) is 5.75 Å². The van der Waals surface area contributed by atoms with E-state index in [4.69, 9.17) is 0 Å². The maximum Gasteiger partial charge on any atom is 0.227 e. The van der Waals surface area contributed by atoms with E-state index in [1.54, 1.807) is 18.2 Å². The van der Waals surface area contributed by atoms with Crippen LogP contribution in [0.2, 0.25) is 0 Å². The quantitative estimate of drug-likeness (QED) is 0.761. The van der Waals surface area contributed by atoms with Crippen molar-refractivity contribution in [2.45, 2.75) is 26.3 Å². The lowest BCUT2D eigenvalue weighted by molar-refractivity contribution is -0.129. The van der Waals surface area contributed by atoms with Gasteiger partial charge in [-0.1, -0.05) is 12.1 Å². The summed E-state index contributed by atoms with van der Waals surface area (Å²) < 4.78 is 0. The van der Waals surface area contributed by atoms with Crippen LogP contribution in [-0.4, -0.2) is 24.1 Å². The molecule has 1 aromatic rings. The zero-order valence-corrected chi connectivity index (χ0v) is 10.9. The standard InChI is InChI=1S/C14H20N2O2/c1-10(11-4-3-5-12(17)8-11)16-13(18)14(2)6-7-15-9-14/h3-5,8,10,15,17H,6-7,9H2,1-2H3,(H,16,18). The van der Waals surface area contributed by atoms with Gasteiger partial charge < -0.3 is 15.7 Å². The van der Waals surface area contributed by atoms with Crippen molar-refractivity contribution in [1.29, 1.82) is 0 Å². The summed E-state index contributed by atoms with van der Waals surface area (Å²) in [5.74, 6) is 0.297. The monoisotopic (exact) mass is 248 g/mol. The second kappa shape index (κ2) is 4.98. The Morgan fingerprint density at radius 3 is 2.94 bits per heavy atom. The van der Waals surface area contributed by atoms with E-state index < -0.39 is 0 Å². The maximum atomic E-state index is 12.2. The third-order valence-electron chi connectivity index (χ3n) is 3.63. The van der Waals surface area contributed by atoms with Crippen molar-refractivity contribution in [3.8, 4) is 5.75 Å². The Bertz CT molecular complexity index is 439. The molecule has 1 saturated heterocycles. The first-order valence-corrected chi connectivity index (χ1v) is 6.32. The van der Waals surface area contributed by atoms with Crippen molar-refractivity contribution in [2.24, 2.45) is 5.41 Å². The maximum absolute atomic E-state index is 12.2. The number of benzene rings is 1. The molecule has 18 heavy (non-hydrogen) atoms. The lowest BCUT2D eigenvalue weighted by Gasteiger charge is -2.24. The van der Waals surface area contributed by atoms with E-state index in [2.05, 4.69) is 10.6 Å². The van der Waals surface area contributed by atoms with Crippen molar-refractivity contribution < 1.29 is 9.90 Å². The number of aromatic hydroxyl groups is 1. The van der Waals surface area contributed by atoms with Gasteiger partial charge in [-0.05, 0) is 44.5 Å². The second-order valence-corrected chi connectivity index (χ2v) is 5.28. The van der Waals surface area contributed by atoms with Crippen LogP contribution in [0.15, 0.2) is 24.3 Å². The Labute approximate surface area is 107 Å². The van der Waals surface area contributed by atoms with E-state index in [0.29, 0.717) is 0 Å². The first-order chi connectivity index (χ1) is 8.51. The molecule has 3 N–H and O–H groups in total. The summed E-state index contributed by atoms with van der Waals surface area (Å²) in [6, 6.07) is 6.90. The van der Waals surface area contributed by atoms with Crippen molar-refractivity contribution >= 4 is 5.91 Å². The molecule has 1 aliphatic rings. The number of carbonyl (C=O) groups excluding carboxylic acids is 1. The fourth-order valence-electron chi connectivity index (χ4n) is 2.26. The van der Waals surface area contributed by atoms with Gasteiger partial charge in [-0.3, -0.25) is 4.79 Å². The number of carbonyl (C=O) groups is 1. The van der Waals surface area contributed by atoms with Crippen molar-refractivity contribution in [1.82, 2.24) is 10.6 Å². The van der Waals surface area contributed by atoms with Crippen LogP contribution in [0.5, 0.6) is 5.75 Å². The molecular formula is C14H20N2O2. The molecule has 1 amide bonds. The number of hydrogen-bond donors (Lipinski definition) is 3. The summed E-state index contributed by atoms with van der Waals surface area (Å²) in [6.45, 7) is 5.53. The summed E-state index contributed by atoms with van der Waals surface area (Å²) in [5.41, 5.74) is 0.600. The SMILES string of the molecule is CC(NC(=O)C1(C)CCNC1)c1cccc(O)c1. The summed E-state index contributed by atoms with van der Waals surface area (Å²) in [7, 11) is 0. The van der Waals surface area contributed by atoms with Crippen molar-refractivity contribution in [3.63, 3.8) is 0 Å². The van der Waals surface area contributed by atoms with Crippen LogP contribution >= 0.6 is 0 Å². The molecule has 0 spiro atoms. The van der Waals surface area contributed by atoms with Gasteiger partial charge in [0.05, 0.1) is 11.5 Å². The molecule has 0 radical (unpaired) electrons. The van der Waals surface area contributed by atoms with Gasteiger partial charge in [0.2, 0.25) is 5.91 Å². The summed E-state index contributed by atoms with van der Waals surface area (Å²) in [5, 5.41) is 15.7. The first kappa shape index (κ1) is 12.9. The number of nitrogens with one attached hydrogen (secondary N) is 2. The molecule has 2 rings (SSSR count). The fraction of sp³-hybridized carbons (Fsp3) is 0.500. The van der Waals surface area contributed by atoms with Crippen LogP contribution in [0, 0.1) is 5.41 Å². The molecule has 1 fully saturated rings. The largest absolute Gasteiger partial charge is 0.508 e. The Balaban J connectivity index is 2.03. The molecule has 1 aliphatic heterocycles. The average molecular weight is 248 g/mol. The summed E-state index contributed by atoms with van der Waals surface area (Å²) in [6.07, 6.45) is 0.867. The lowest BCUT2D eigenvalue weighted by atomic mass is 9.88. The molecule has 2 atom stereocenters. The van der Waals surface area contributed by atoms with Crippen LogP contribution in [0.1, 0.15) is 31.9 Å². The molecule has 1 aromatic carbocycles. The van der Waals surface area contributed by atoms with Crippen LogP contribution < -0.4 is 10.6 Å². The lowest BCUT2D eigenvalue weighted by Crippen LogP contribution is -2.41. The van der Waals surface area contributed by atoms with Gasteiger partial charge in [0.25, 0.3) is 0 Å². The minimum Gasteiger partial charge on any atom is -0.508 e. The highest BCUT2D eigenvalue weighted by atomic mass is 16.3. The molecule has 4 nitrogen and oxygen atoms in total. The van der Waals surface area contributed by atoms with Gasteiger partial charge in [-0.15, -0.1) is 0 Å². The smallest absolute Gasteiger partial charge is 0.227 e. The van der Waals surface area contributed by atoms with E-state index in [1.165, 1.54) is 0 Å². The topological polar surface area (TPSA) is 61.4 Å². The van der Waals surface area contributed by atoms with E-state index in [0.717, 1.165) is 25.1 Å². The first-order valence-electron chi connectivity index (χ1n) is 6.32. The number of rotatable bonds is 3. The normalized spacial score (nSPS) is 24.8. The van der Waals surface area contributed by atoms with Crippen LogP contribution in [0.4, 0.5) is 0 Å². The number of phenolic OH excluding ortho intramolecular Hbond substituents is 1. The highest BCUT2D eigenvalue weighted by molar-refractivity contribution is 5.83. The predicted molar refractivity (Wildman–Crippen MR) is 70.3 cm³/mol. The molecule has 4 heteroatoms. The molecule has 0 saturated carbocycles. The van der Waals surface area contributed by atoms with Gasteiger partial charge in [-0.2, -0.15) is 0 Å². The average Bonchev–Trinajstić information content (AvgIpc) is 2.77. The Morgan fingerprint density at radius 1 is 1.56 bits per heavy atom. The second-order valence-electron chi connectivity index (χ2n) is 5.28. The number of phenols is 1. The minimum atomic E-state index is -0.314. The van der Waals surface area contributed by atoms with Crippen molar-refractivity contribution in [2.75, 3.05) is 13.1 Å². The molecule has 0 aromatic heterocycles. The third kappa shape index (κ3) is 2.64. The Hall–Kier alpha value is -1.55. The Kier molecular flexibility index (Phi) is 3.57. The molecule has 0 bridgehead atoms. The summed E-state index contributed by atoms with van der Waals surface area (Å²) >= 11 is 0. The minimum absolute atomic E-state index is 0.0725. The van der Waals surface area contributed by atoms with Crippen molar-refractivity contribution in [3.05, 3.63) is 29.8 Å². The zero-order valence-electron chi connectivity index (χ0n) is 10.9. The molecule has 98 valence electrons. The van der Waals surface area contributed by atoms with Gasteiger partial charge in [-0.25, -0.2) is 0 Å². The molecule has 1 heterocycles. The molecule has 0 aliphatic carbocycles. The highest BCUT2D eigenvalue weighted by Gasteiger charge is 2.36. The Morgan fingerprint density at radius 2 is 2.33 bits per heavy atom. The van der Waals surface area contributed by atoms with E-state index >= 15 is 0 Å². The van der Waals surface area contributed by atoms with Crippen LogP contribution in [-0.2, 0) is 4.79 Å². The zero-order chi connectivity index (χ0) is 13.2. The third-order valence-corrected chi connectivity index (χ3v) is 3.63. The highest BCUT2D eigenvalue weighted by Crippen LogP contribution is 2.26. The molecular weight excluding hydrogens is 228 g/mol. The van der Waals surface area contributed by atoms with Gasteiger partial charge >= 0.3 is 0 Å². The fourth-order valence-corrected chi connectivity index (χ4v) is 2.26. The van der Waals surface area contributed by atoms with Gasteiger partial charge in [0.15, 0.2) is 0 Å². The van der Waals surface area contributed by atoms with Crippen LogP contribution in [0.3, 0.4) is 0 Å². The van der Waals surface area contributed by atoms with E-state index in [-0.39, 0.29) is 23.1 Å². The van der Waals surface area contributed by atoms with Gasteiger partial charge in [0, 0.05) is 6.54 Å². The number of amides is 1. The number of hydrogen-bond acceptors (Lipinski definition) is 3. The van der Waals surface area contributed by atoms with Crippen LogP contribution in [0.25, 0.3) is 0 Å². The predicted octanol–water partition coefficient (Wildman–Crippen LogP) is 1.57. The summed E-state index contributed by atoms with van der Waals surface area (Å²) in [4.78, 5) is 12.2.